The zero-order valence-corrected chi connectivity index (χ0v) is 14.4. The predicted octanol–water partition coefficient (Wildman–Crippen LogP) is 2.17. The number of thioether (sulfide) groups is 1. The summed E-state index contributed by atoms with van der Waals surface area (Å²) in [7, 11) is 1.47. The molecule has 0 saturated heterocycles. The molecule has 1 unspecified atom stereocenters. The summed E-state index contributed by atoms with van der Waals surface area (Å²) in [4.78, 5) is 23.9. The highest BCUT2D eigenvalue weighted by atomic mass is 32.2. The lowest BCUT2D eigenvalue weighted by Gasteiger charge is -2.28. The summed E-state index contributed by atoms with van der Waals surface area (Å²) >= 11 is 1.38. The van der Waals surface area contributed by atoms with Gasteiger partial charge in [-0.05, 0) is 38.1 Å². The van der Waals surface area contributed by atoms with E-state index in [9.17, 15) is 9.59 Å². The smallest absolute Gasteiger partial charge is 0.305 e. The molecule has 6 nitrogen and oxygen atoms in total. The molecule has 7 heteroatoms. The van der Waals surface area contributed by atoms with E-state index in [1.165, 1.54) is 18.9 Å². The van der Waals surface area contributed by atoms with Crippen LogP contribution in [0.1, 0.15) is 20.3 Å². The summed E-state index contributed by atoms with van der Waals surface area (Å²) in [5.41, 5.74) is -0.920. The van der Waals surface area contributed by atoms with E-state index in [0.29, 0.717) is 6.61 Å². The number of carbonyl (C=O) groups is 2. The number of benzene rings is 1. The van der Waals surface area contributed by atoms with E-state index >= 15 is 0 Å². The third-order valence-corrected chi connectivity index (χ3v) is 3.96. The molecule has 1 aromatic rings. The molecule has 2 N–H and O–H groups in total. The maximum Gasteiger partial charge on any atom is 0.305 e. The van der Waals surface area contributed by atoms with Crippen molar-refractivity contribution in [3.05, 3.63) is 24.3 Å². The maximum absolute atomic E-state index is 12.1. The Morgan fingerprint density at radius 1 is 1.30 bits per heavy atom. The first-order valence-corrected chi connectivity index (χ1v) is 8.24. The molecule has 0 fully saturated rings. The summed E-state index contributed by atoms with van der Waals surface area (Å²) in [6.07, 6.45) is -0.194. The fourth-order valence-electron chi connectivity index (χ4n) is 2.10. The Balaban J connectivity index is 2.52. The number of methoxy groups -OCH3 is 1. The Morgan fingerprint density at radius 2 is 1.96 bits per heavy atom. The molecule has 0 bridgehead atoms. The van der Waals surface area contributed by atoms with E-state index in [1.807, 2.05) is 31.2 Å². The topological polar surface area (TPSA) is 84.9 Å². The number of carboxylic acids is 1. The minimum atomic E-state index is -0.982. The van der Waals surface area contributed by atoms with Crippen LogP contribution in [-0.2, 0) is 14.3 Å². The molecule has 0 aliphatic rings. The number of rotatable bonds is 10. The van der Waals surface area contributed by atoms with Gasteiger partial charge in [0.2, 0.25) is 5.91 Å². The summed E-state index contributed by atoms with van der Waals surface area (Å²) in [6, 6.07) is 7.47. The van der Waals surface area contributed by atoms with E-state index in [2.05, 4.69) is 5.32 Å². The lowest BCUT2D eigenvalue weighted by Crippen LogP contribution is -2.51. The van der Waals surface area contributed by atoms with Crippen molar-refractivity contribution in [2.45, 2.75) is 30.7 Å². The number of ether oxygens (including phenoxy) is 2. The van der Waals surface area contributed by atoms with Crippen LogP contribution in [0.15, 0.2) is 29.2 Å². The van der Waals surface area contributed by atoms with Crippen LogP contribution in [-0.4, -0.2) is 48.6 Å². The van der Waals surface area contributed by atoms with E-state index in [4.69, 9.17) is 14.6 Å². The fraction of sp³-hybridized carbons (Fsp3) is 0.500. The van der Waals surface area contributed by atoms with Crippen molar-refractivity contribution in [2.75, 3.05) is 26.1 Å². The van der Waals surface area contributed by atoms with Crippen LogP contribution in [0.2, 0.25) is 0 Å². The normalized spacial score (nSPS) is 13.2. The second-order valence-electron chi connectivity index (χ2n) is 5.31. The molecule has 0 saturated carbocycles. The highest BCUT2D eigenvalue weighted by molar-refractivity contribution is 8.00. The third-order valence-electron chi connectivity index (χ3n) is 2.95. The van der Waals surface area contributed by atoms with Gasteiger partial charge in [0.05, 0.1) is 30.9 Å². The molecule has 0 aromatic heterocycles. The van der Waals surface area contributed by atoms with Gasteiger partial charge in [-0.2, -0.15) is 0 Å². The minimum absolute atomic E-state index is 0.138. The first-order chi connectivity index (χ1) is 10.9. The molecule has 128 valence electrons. The van der Waals surface area contributed by atoms with Crippen molar-refractivity contribution < 1.29 is 24.2 Å². The van der Waals surface area contributed by atoms with Crippen LogP contribution in [0.5, 0.6) is 5.75 Å². The number of hydrogen-bond donors (Lipinski definition) is 2. The molecular formula is C16H23NO5S. The van der Waals surface area contributed by atoms with Crippen LogP contribution < -0.4 is 10.1 Å². The monoisotopic (exact) mass is 341 g/mol. The predicted molar refractivity (Wildman–Crippen MR) is 89.0 cm³/mol. The van der Waals surface area contributed by atoms with Crippen molar-refractivity contribution in [3.8, 4) is 5.75 Å². The number of nitrogens with one attached hydrogen (secondary N) is 1. The molecule has 1 rings (SSSR count). The Morgan fingerprint density at radius 3 is 2.48 bits per heavy atom. The summed E-state index contributed by atoms with van der Waals surface area (Å²) in [5.74, 6) is -0.225. The average Bonchev–Trinajstić information content (AvgIpc) is 2.46. The quantitative estimate of drug-likeness (QED) is 0.635. The van der Waals surface area contributed by atoms with Gasteiger partial charge in [-0.25, -0.2) is 0 Å². The lowest BCUT2D eigenvalue weighted by atomic mass is 9.99. The number of aliphatic carboxylic acids is 1. The molecule has 1 aromatic carbocycles. The van der Waals surface area contributed by atoms with Crippen LogP contribution in [0, 0.1) is 0 Å². The third kappa shape index (κ3) is 7.38. The van der Waals surface area contributed by atoms with Crippen molar-refractivity contribution >= 4 is 23.6 Å². The molecule has 0 aliphatic heterocycles. The first kappa shape index (κ1) is 19.3. The zero-order chi connectivity index (χ0) is 17.3. The van der Waals surface area contributed by atoms with Gasteiger partial charge in [-0.1, -0.05) is 0 Å². The Kier molecular flexibility index (Phi) is 7.91. The van der Waals surface area contributed by atoms with Gasteiger partial charge in [-0.15, -0.1) is 11.8 Å². The van der Waals surface area contributed by atoms with Gasteiger partial charge in [0.1, 0.15) is 5.75 Å². The SMILES string of the molecule is CCOc1ccc(SCC(=O)NC(C)(COC)CC(=O)O)cc1. The Labute approximate surface area is 140 Å². The molecule has 0 heterocycles. The van der Waals surface area contributed by atoms with Crippen molar-refractivity contribution in [1.82, 2.24) is 5.32 Å². The van der Waals surface area contributed by atoms with E-state index in [-0.39, 0.29) is 24.7 Å². The van der Waals surface area contributed by atoms with Crippen LogP contribution in [0.25, 0.3) is 0 Å². The molecule has 1 amide bonds. The largest absolute Gasteiger partial charge is 0.494 e. The number of carboxylic acid groups (broad SMARTS) is 1. The Bertz CT molecular complexity index is 520. The fourth-order valence-corrected chi connectivity index (χ4v) is 2.80. The van der Waals surface area contributed by atoms with Crippen molar-refractivity contribution in [3.63, 3.8) is 0 Å². The molecule has 1 atom stereocenters. The molecular weight excluding hydrogens is 318 g/mol. The second kappa shape index (κ2) is 9.42. The van der Waals surface area contributed by atoms with Gasteiger partial charge in [-0.3, -0.25) is 9.59 Å². The maximum atomic E-state index is 12.1. The van der Waals surface area contributed by atoms with Gasteiger partial charge >= 0.3 is 5.97 Å². The summed E-state index contributed by atoms with van der Waals surface area (Å²) < 4.78 is 10.4. The molecule has 23 heavy (non-hydrogen) atoms. The second-order valence-corrected chi connectivity index (χ2v) is 6.35. The number of hydrogen-bond acceptors (Lipinski definition) is 5. The lowest BCUT2D eigenvalue weighted by molar-refractivity contribution is -0.139. The van der Waals surface area contributed by atoms with Crippen LogP contribution in [0.4, 0.5) is 0 Å². The molecule has 0 radical (unpaired) electrons. The van der Waals surface area contributed by atoms with E-state index in [1.54, 1.807) is 6.92 Å². The molecule has 0 spiro atoms. The summed E-state index contributed by atoms with van der Waals surface area (Å²) in [5, 5.41) is 11.7. The van der Waals surface area contributed by atoms with Crippen molar-refractivity contribution in [1.29, 1.82) is 0 Å². The highest BCUT2D eigenvalue weighted by Crippen LogP contribution is 2.21. The number of amides is 1. The highest BCUT2D eigenvalue weighted by Gasteiger charge is 2.29. The summed E-state index contributed by atoms with van der Waals surface area (Å²) in [6.45, 7) is 4.32. The van der Waals surface area contributed by atoms with Gasteiger partial charge in [0.15, 0.2) is 0 Å². The van der Waals surface area contributed by atoms with E-state index < -0.39 is 11.5 Å². The van der Waals surface area contributed by atoms with Gasteiger partial charge in [0, 0.05) is 12.0 Å². The van der Waals surface area contributed by atoms with Crippen LogP contribution in [0.3, 0.4) is 0 Å². The molecule has 0 aliphatic carbocycles. The Hall–Kier alpha value is -1.73. The van der Waals surface area contributed by atoms with Gasteiger partial charge in [0.25, 0.3) is 0 Å². The van der Waals surface area contributed by atoms with E-state index in [0.717, 1.165) is 10.6 Å². The zero-order valence-electron chi connectivity index (χ0n) is 13.6. The van der Waals surface area contributed by atoms with Crippen LogP contribution >= 0.6 is 11.8 Å². The van der Waals surface area contributed by atoms with Crippen molar-refractivity contribution in [2.24, 2.45) is 0 Å². The standard InChI is InChI=1S/C16H23NO5S/c1-4-22-12-5-7-13(8-6-12)23-10-14(18)17-16(2,11-21-3)9-15(19)20/h5-8H,4,9-11H2,1-3H3,(H,17,18)(H,19,20). The van der Waals surface area contributed by atoms with Gasteiger partial charge < -0.3 is 19.9 Å². The average molecular weight is 341 g/mol. The minimum Gasteiger partial charge on any atom is -0.494 e. The first-order valence-electron chi connectivity index (χ1n) is 7.26. The number of carbonyl (C=O) groups excluding carboxylic acids is 1.